The fourth-order valence-electron chi connectivity index (χ4n) is 1.03. The number of carbonyl (C=O) groups excluding carboxylic acids is 1. The molecule has 0 saturated heterocycles. The van der Waals surface area contributed by atoms with E-state index >= 15 is 0 Å². The Bertz CT molecular complexity index is 459. The Kier molecular flexibility index (Phi) is 5.31. The Hall–Kier alpha value is -1.90. The first kappa shape index (κ1) is 14.2. The summed E-state index contributed by atoms with van der Waals surface area (Å²) in [7, 11) is 0. The number of aromatic carboxylic acids is 1. The number of carbonyl (C=O) groups is 2. The summed E-state index contributed by atoms with van der Waals surface area (Å²) in [5.41, 5.74) is -0.130. The molecule has 1 aromatic rings. The van der Waals surface area contributed by atoms with Crippen molar-refractivity contribution < 1.29 is 14.7 Å². The third-order valence-electron chi connectivity index (χ3n) is 1.82. The molecule has 0 fully saturated rings. The van der Waals surface area contributed by atoms with Gasteiger partial charge in [0.2, 0.25) is 0 Å². The van der Waals surface area contributed by atoms with Gasteiger partial charge < -0.3 is 15.7 Å². The number of carboxylic acids is 1. The second-order valence-corrected chi connectivity index (χ2v) is 4.42. The fraction of sp³-hybridized carbons (Fsp3) is 0.333. The summed E-state index contributed by atoms with van der Waals surface area (Å²) in [5, 5.41) is 20.8. The molecular formula is C9H12BrN5O3. The maximum absolute atomic E-state index is 11.2. The molecule has 0 unspecified atom stereocenters. The molecular weight excluding hydrogens is 306 g/mol. The molecule has 1 heterocycles. The van der Waals surface area contributed by atoms with Crippen molar-refractivity contribution in [2.45, 2.75) is 6.54 Å². The van der Waals surface area contributed by atoms with E-state index in [0.29, 0.717) is 24.1 Å². The van der Waals surface area contributed by atoms with Crippen LogP contribution < -0.4 is 10.6 Å². The lowest BCUT2D eigenvalue weighted by atomic mass is 10.5. The summed E-state index contributed by atoms with van der Waals surface area (Å²) >= 11 is 3.11. The van der Waals surface area contributed by atoms with E-state index in [1.54, 1.807) is 0 Å². The average Bonchev–Trinajstić information content (AvgIpc) is 2.75. The van der Waals surface area contributed by atoms with Gasteiger partial charge >= 0.3 is 12.0 Å². The lowest BCUT2D eigenvalue weighted by Crippen LogP contribution is -2.37. The first-order valence-corrected chi connectivity index (χ1v) is 5.76. The molecule has 1 aromatic heterocycles. The molecule has 0 aromatic carbocycles. The zero-order valence-electron chi connectivity index (χ0n) is 9.39. The highest BCUT2D eigenvalue weighted by Gasteiger charge is 2.07. The molecule has 18 heavy (non-hydrogen) atoms. The van der Waals surface area contributed by atoms with Gasteiger partial charge in [0.05, 0.1) is 19.3 Å². The van der Waals surface area contributed by atoms with Gasteiger partial charge in [0.1, 0.15) is 0 Å². The molecule has 0 atom stereocenters. The molecule has 0 aliphatic carbocycles. The summed E-state index contributed by atoms with van der Waals surface area (Å²) in [6.45, 7) is 4.55. The zero-order valence-corrected chi connectivity index (χ0v) is 11.0. The second kappa shape index (κ2) is 6.74. The fourth-order valence-corrected chi connectivity index (χ4v) is 1.17. The lowest BCUT2D eigenvalue weighted by Gasteiger charge is -2.06. The SMILES string of the molecule is C=C(Br)CNC(=O)NCCn1cc(C(=O)O)nn1. The zero-order chi connectivity index (χ0) is 13.5. The van der Waals surface area contributed by atoms with Gasteiger partial charge in [0, 0.05) is 11.0 Å². The van der Waals surface area contributed by atoms with Crippen molar-refractivity contribution in [3.63, 3.8) is 0 Å². The molecule has 0 spiro atoms. The van der Waals surface area contributed by atoms with Gasteiger partial charge in [-0.25, -0.2) is 14.3 Å². The van der Waals surface area contributed by atoms with E-state index in [2.05, 4.69) is 43.5 Å². The van der Waals surface area contributed by atoms with Gasteiger partial charge in [-0.1, -0.05) is 27.7 Å². The van der Waals surface area contributed by atoms with Gasteiger partial charge in [-0.15, -0.1) is 5.10 Å². The van der Waals surface area contributed by atoms with Gasteiger partial charge in [0.15, 0.2) is 5.69 Å². The molecule has 0 saturated carbocycles. The molecule has 0 radical (unpaired) electrons. The maximum atomic E-state index is 11.2. The topological polar surface area (TPSA) is 109 Å². The predicted molar refractivity (Wildman–Crippen MR) is 66.4 cm³/mol. The Morgan fingerprint density at radius 2 is 2.22 bits per heavy atom. The Morgan fingerprint density at radius 3 is 2.78 bits per heavy atom. The van der Waals surface area contributed by atoms with Crippen LogP contribution in [0.4, 0.5) is 4.79 Å². The van der Waals surface area contributed by atoms with E-state index in [9.17, 15) is 9.59 Å². The molecule has 0 aliphatic rings. The number of aromatic nitrogens is 3. The van der Waals surface area contributed by atoms with Crippen LogP contribution in [0.1, 0.15) is 10.5 Å². The van der Waals surface area contributed by atoms with Crippen molar-refractivity contribution in [1.82, 2.24) is 25.6 Å². The normalized spacial score (nSPS) is 9.83. The van der Waals surface area contributed by atoms with E-state index in [1.165, 1.54) is 10.9 Å². The number of urea groups is 1. The molecule has 98 valence electrons. The Morgan fingerprint density at radius 1 is 1.50 bits per heavy atom. The van der Waals surface area contributed by atoms with Crippen LogP contribution in [-0.2, 0) is 6.54 Å². The first-order chi connectivity index (χ1) is 8.49. The van der Waals surface area contributed by atoms with Crippen molar-refractivity contribution in [3.8, 4) is 0 Å². The van der Waals surface area contributed by atoms with E-state index in [0.717, 1.165) is 0 Å². The van der Waals surface area contributed by atoms with E-state index in [-0.39, 0.29) is 11.7 Å². The second-order valence-electron chi connectivity index (χ2n) is 3.30. The lowest BCUT2D eigenvalue weighted by molar-refractivity contribution is 0.0690. The van der Waals surface area contributed by atoms with Crippen LogP contribution in [0, 0.1) is 0 Å². The minimum atomic E-state index is -1.14. The Labute approximate surface area is 111 Å². The quantitative estimate of drug-likeness (QED) is 0.693. The third kappa shape index (κ3) is 4.95. The molecule has 1 rings (SSSR count). The van der Waals surface area contributed by atoms with Gasteiger partial charge in [-0.05, 0) is 0 Å². The summed E-state index contributed by atoms with van der Waals surface area (Å²) in [4.78, 5) is 21.8. The van der Waals surface area contributed by atoms with Crippen molar-refractivity contribution in [2.24, 2.45) is 0 Å². The number of halogens is 1. The smallest absolute Gasteiger partial charge is 0.358 e. The summed E-state index contributed by atoms with van der Waals surface area (Å²) in [5.74, 6) is -1.14. The van der Waals surface area contributed by atoms with Crippen LogP contribution in [-0.4, -0.2) is 45.2 Å². The van der Waals surface area contributed by atoms with Crippen molar-refractivity contribution >= 4 is 27.9 Å². The summed E-state index contributed by atoms with van der Waals surface area (Å²) in [6.07, 6.45) is 1.29. The Balaban J connectivity index is 2.26. The number of hydrogen-bond acceptors (Lipinski definition) is 4. The molecule has 0 bridgehead atoms. The molecule has 3 N–H and O–H groups in total. The van der Waals surface area contributed by atoms with Crippen molar-refractivity contribution in [1.29, 1.82) is 0 Å². The van der Waals surface area contributed by atoms with Crippen molar-refractivity contribution in [3.05, 3.63) is 23.0 Å². The number of nitrogens with zero attached hydrogens (tertiary/aromatic N) is 3. The van der Waals surface area contributed by atoms with E-state index in [4.69, 9.17) is 5.11 Å². The third-order valence-corrected chi connectivity index (χ3v) is 2.11. The standard InChI is InChI=1S/C9H12BrN5O3/c1-6(10)4-12-9(18)11-2-3-15-5-7(8(16)17)13-14-15/h5H,1-4H2,(H,16,17)(H2,11,12,18). The van der Waals surface area contributed by atoms with Crippen molar-refractivity contribution in [2.75, 3.05) is 13.1 Å². The van der Waals surface area contributed by atoms with Crippen LogP contribution >= 0.6 is 15.9 Å². The highest BCUT2D eigenvalue weighted by atomic mass is 79.9. The molecule has 9 heteroatoms. The number of amides is 2. The summed E-state index contributed by atoms with van der Waals surface area (Å²) in [6, 6.07) is -0.339. The minimum absolute atomic E-state index is 0.130. The van der Waals surface area contributed by atoms with Gasteiger partial charge in [-0.2, -0.15) is 0 Å². The molecule has 8 nitrogen and oxygen atoms in total. The highest BCUT2D eigenvalue weighted by molar-refractivity contribution is 9.11. The number of nitrogens with one attached hydrogen (secondary N) is 2. The van der Waals surface area contributed by atoms with Crippen LogP contribution in [0.2, 0.25) is 0 Å². The van der Waals surface area contributed by atoms with Gasteiger partial charge in [-0.3, -0.25) is 0 Å². The minimum Gasteiger partial charge on any atom is -0.476 e. The maximum Gasteiger partial charge on any atom is 0.358 e. The van der Waals surface area contributed by atoms with Crippen LogP contribution in [0.3, 0.4) is 0 Å². The highest BCUT2D eigenvalue weighted by Crippen LogP contribution is 1.96. The molecule has 2 amide bonds. The average molecular weight is 318 g/mol. The van der Waals surface area contributed by atoms with Crippen LogP contribution in [0.5, 0.6) is 0 Å². The van der Waals surface area contributed by atoms with Crippen LogP contribution in [0.15, 0.2) is 17.3 Å². The largest absolute Gasteiger partial charge is 0.476 e. The molecule has 0 aliphatic heterocycles. The van der Waals surface area contributed by atoms with E-state index in [1.807, 2.05) is 0 Å². The van der Waals surface area contributed by atoms with Gasteiger partial charge in [0.25, 0.3) is 0 Å². The van der Waals surface area contributed by atoms with E-state index < -0.39 is 5.97 Å². The summed E-state index contributed by atoms with van der Waals surface area (Å²) < 4.78 is 2.01. The number of hydrogen-bond donors (Lipinski definition) is 3. The predicted octanol–water partition coefficient (Wildman–Crippen LogP) is 0.184. The number of rotatable bonds is 6. The number of carboxylic acid groups (broad SMARTS) is 1. The first-order valence-electron chi connectivity index (χ1n) is 4.97. The van der Waals surface area contributed by atoms with Crippen LogP contribution in [0.25, 0.3) is 0 Å². The monoisotopic (exact) mass is 317 g/mol.